The minimum Gasteiger partial charge on any atom is -0.494 e. The first-order chi connectivity index (χ1) is 10.2. The predicted molar refractivity (Wildman–Crippen MR) is 82.9 cm³/mol. The SMILES string of the molecule is COc1cccc(COc2c(CBr)cccc2OC)c1F. The Kier molecular flexibility index (Phi) is 5.44. The summed E-state index contributed by atoms with van der Waals surface area (Å²) in [6, 6.07) is 10.6. The van der Waals surface area contributed by atoms with Crippen LogP contribution in [0.1, 0.15) is 11.1 Å². The van der Waals surface area contributed by atoms with Crippen LogP contribution in [0.5, 0.6) is 17.2 Å². The molecule has 2 aromatic rings. The second-order valence-corrected chi connectivity index (χ2v) is 4.86. The molecule has 2 rings (SSSR count). The van der Waals surface area contributed by atoms with Gasteiger partial charge in [0.2, 0.25) is 0 Å². The third kappa shape index (κ3) is 3.47. The molecule has 0 fully saturated rings. The van der Waals surface area contributed by atoms with E-state index in [1.807, 2.05) is 18.2 Å². The minimum atomic E-state index is -0.407. The maximum absolute atomic E-state index is 14.1. The minimum absolute atomic E-state index is 0.101. The second-order valence-electron chi connectivity index (χ2n) is 4.30. The Bertz CT molecular complexity index is 594. The van der Waals surface area contributed by atoms with Gasteiger partial charge < -0.3 is 14.2 Å². The molecule has 0 N–H and O–H groups in total. The molecule has 3 nitrogen and oxygen atoms in total. The fraction of sp³-hybridized carbons (Fsp3) is 0.250. The van der Waals surface area contributed by atoms with E-state index < -0.39 is 5.82 Å². The number of hydrogen-bond donors (Lipinski definition) is 0. The van der Waals surface area contributed by atoms with Crippen LogP contribution in [0.2, 0.25) is 0 Å². The Morgan fingerprint density at radius 2 is 1.57 bits per heavy atom. The quantitative estimate of drug-likeness (QED) is 0.723. The highest BCUT2D eigenvalue weighted by Gasteiger charge is 2.13. The summed E-state index contributed by atoms with van der Waals surface area (Å²) in [4.78, 5) is 0. The summed E-state index contributed by atoms with van der Waals surface area (Å²) in [5, 5.41) is 0.625. The van der Waals surface area contributed by atoms with Crippen molar-refractivity contribution in [1.29, 1.82) is 0 Å². The van der Waals surface area contributed by atoms with Crippen molar-refractivity contribution in [3.63, 3.8) is 0 Å². The van der Waals surface area contributed by atoms with Gasteiger partial charge in [-0.25, -0.2) is 4.39 Å². The van der Waals surface area contributed by atoms with Gasteiger partial charge in [-0.15, -0.1) is 0 Å². The van der Waals surface area contributed by atoms with Gasteiger partial charge in [0.15, 0.2) is 23.1 Å². The van der Waals surface area contributed by atoms with E-state index in [2.05, 4.69) is 15.9 Å². The Morgan fingerprint density at radius 1 is 0.952 bits per heavy atom. The topological polar surface area (TPSA) is 27.7 Å². The van der Waals surface area contributed by atoms with Gasteiger partial charge in [0.25, 0.3) is 0 Å². The summed E-state index contributed by atoms with van der Waals surface area (Å²) in [6.07, 6.45) is 0. The first-order valence-corrected chi connectivity index (χ1v) is 7.49. The summed E-state index contributed by atoms with van der Waals surface area (Å²) in [7, 11) is 3.01. The van der Waals surface area contributed by atoms with Crippen LogP contribution in [0, 0.1) is 5.82 Å². The lowest BCUT2D eigenvalue weighted by Crippen LogP contribution is -2.03. The normalized spacial score (nSPS) is 10.3. The number of alkyl halides is 1. The number of rotatable bonds is 6. The number of ether oxygens (including phenoxy) is 3. The largest absolute Gasteiger partial charge is 0.494 e. The van der Waals surface area contributed by atoms with Crippen molar-refractivity contribution in [2.45, 2.75) is 11.9 Å². The Hall–Kier alpha value is -1.75. The van der Waals surface area contributed by atoms with E-state index >= 15 is 0 Å². The van der Waals surface area contributed by atoms with Gasteiger partial charge in [-0.2, -0.15) is 0 Å². The summed E-state index contributed by atoms with van der Waals surface area (Å²) in [5.74, 6) is 1.03. The molecular formula is C16H16BrFO3. The zero-order chi connectivity index (χ0) is 15.2. The lowest BCUT2D eigenvalue weighted by Gasteiger charge is -2.14. The van der Waals surface area contributed by atoms with Gasteiger partial charge in [0.05, 0.1) is 14.2 Å². The third-order valence-electron chi connectivity index (χ3n) is 3.06. The molecule has 0 radical (unpaired) electrons. The molecule has 0 aromatic heterocycles. The monoisotopic (exact) mass is 354 g/mol. The summed E-state index contributed by atoms with van der Waals surface area (Å²) < 4.78 is 30.1. The molecule has 0 unspecified atom stereocenters. The summed E-state index contributed by atoms with van der Waals surface area (Å²) in [6.45, 7) is 0.101. The molecule has 0 saturated carbocycles. The van der Waals surface area contributed by atoms with E-state index in [1.165, 1.54) is 7.11 Å². The van der Waals surface area contributed by atoms with E-state index in [0.717, 1.165) is 5.56 Å². The van der Waals surface area contributed by atoms with Crippen LogP contribution < -0.4 is 14.2 Å². The van der Waals surface area contributed by atoms with Crippen LogP contribution in [0.15, 0.2) is 36.4 Å². The number of hydrogen-bond acceptors (Lipinski definition) is 3. The predicted octanol–water partition coefficient (Wildman–Crippen LogP) is 4.32. The molecule has 0 heterocycles. The molecule has 5 heteroatoms. The summed E-state index contributed by atoms with van der Waals surface area (Å²) >= 11 is 3.41. The zero-order valence-electron chi connectivity index (χ0n) is 11.9. The van der Waals surface area contributed by atoms with Gasteiger partial charge in [-0.05, 0) is 12.1 Å². The van der Waals surface area contributed by atoms with Gasteiger partial charge >= 0.3 is 0 Å². The molecule has 0 spiro atoms. The van der Waals surface area contributed by atoms with E-state index in [-0.39, 0.29) is 12.4 Å². The third-order valence-corrected chi connectivity index (χ3v) is 3.66. The van der Waals surface area contributed by atoms with Crippen molar-refractivity contribution in [3.8, 4) is 17.2 Å². The van der Waals surface area contributed by atoms with E-state index in [4.69, 9.17) is 14.2 Å². The highest BCUT2D eigenvalue weighted by atomic mass is 79.9. The lowest BCUT2D eigenvalue weighted by atomic mass is 10.2. The van der Waals surface area contributed by atoms with Crippen LogP contribution in [0.3, 0.4) is 0 Å². The molecule has 0 atom stereocenters. The molecule has 0 amide bonds. The Labute approximate surface area is 131 Å². The first kappa shape index (κ1) is 15.6. The smallest absolute Gasteiger partial charge is 0.171 e. The van der Waals surface area contributed by atoms with Gasteiger partial charge in [-0.1, -0.05) is 40.2 Å². The van der Waals surface area contributed by atoms with Crippen molar-refractivity contribution < 1.29 is 18.6 Å². The number of halogens is 2. The molecule has 0 aliphatic carbocycles. The van der Waals surface area contributed by atoms with E-state index in [0.29, 0.717) is 22.4 Å². The fourth-order valence-corrected chi connectivity index (χ4v) is 2.41. The first-order valence-electron chi connectivity index (χ1n) is 6.37. The molecule has 21 heavy (non-hydrogen) atoms. The fourth-order valence-electron chi connectivity index (χ4n) is 1.97. The highest BCUT2D eigenvalue weighted by Crippen LogP contribution is 2.33. The lowest BCUT2D eigenvalue weighted by molar-refractivity contribution is 0.275. The van der Waals surface area contributed by atoms with Crippen LogP contribution >= 0.6 is 15.9 Å². The van der Waals surface area contributed by atoms with Crippen molar-refractivity contribution in [1.82, 2.24) is 0 Å². The molecule has 0 bridgehead atoms. The van der Waals surface area contributed by atoms with Crippen molar-refractivity contribution in [2.24, 2.45) is 0 Å². The van der Waals surface area contributed by atoms with E-state index in [1.54, 1.807) is 25.3 Å². The maximum atomic E-state index is 14.1. The second kappa shape index (κ2) is 7.31. The molecule has 2 aromatic carbocycles. The number of benzene rings is 2. The molecule has 0 saturated heterocycles. The van der Waals surface area contributed by atoms with Gasteiger partial charge in [0.1, 0.15) is 6.61 Å². The average Bonchev–Trinajstić information content (AvgIpc) is 2.53. The molecule has 112 valence electrons. The van der Waals surface area contributed by atoms with Crippen molar-refractivity contribution >= 4 is 15.9 Å². The van der Waals surface area contributed by atoms with Gasteiger partial charge in [-0.3, -0.25) is 0 Å². The highest BCUT2D eigenvalue weighted by molar-refractivity contribution is 9.08. The van der Waals surface area contributed by atoms with Crippen LogP contribution in [-0.2, 0) is 11.9 Å². The van der Waals surface area contributed by atoms with Gasteiger partial charge in [0, 0.05) is 16.5 Å². The summed E-state index contributed by atoms with van der Waals surface area (Å²) in [5.41, 5.74) is 1.37. The molecular weight excluding hydrogens is 339 g/mol. The van der Waals surface area contributed by atoms with Crippen molar-refractivity contribution in [3.05, 3.63) is 53.3 Å². The molecule has 0 aliphatic heterocycles. The van der Waals surface area contributed by atoms with Crippen molar-refractivity contribution in [2.75, 3.05) is 14.2 Å². The number of methoxy groups -OCH3 is 2. The average molecular weight is 355 g/mol. The maximum Gasteiger partial charge on any atom is 0.171 e. The Morgan fingerprint density at radius 3 is 2.19 bits per heavy atom. The van der Waals surface area contributed by atoms with E-state index in [9.17, 15) is 4.39 Å². The number of para-hydroxylation sites is 1. The molecule has 0 aliphatic rings. The standard InChI is InChI=1S/C16H16BrFO3/c1-19-13-7-4-6-12(15(13)18)10-21-16-11(9-17)5-3-8-14(16)20-2/h3-8H,9-10H2,1-2H3. The Balaban J connectivity index is 2.24. The zero-order valence-corrected chi connectivity index (χ0v) is 13.4. The van der Waals surface area contributed by atoms with Crippen LogP contribution in [0.25, 0.3) is 0 Å². The van der Waals surface area contributed by atoms with Crippen LogP contribution in [0.4, 0.5) is 4.39 Å². The van der Waals surface area contributed by atoms with Crippen LogP contribution in [-0.4, -0.2) is 14.2 Å².